The third-order valence-corrected chi connectivity index (χ3v) is 3.25. The predicted octanol–water partition coefficient (Wildman–Crippen LogP) is 4.65. The van der Waals surface area contributed by atoms with Crippen LogP contribution in [0.1, 0.15) is 51.6 Å². The summed E-state index contributed by atoms with van der Waals surface area (Å²) < 4.78 is 5.64. The molecular formula is C15H25ClN2O. The van der Waals surface area contributed by atoms with E-state index in [1.807, 2.05) is 19.1 Å². The molecule has 3 nitrogen and oxygen atoms in total. The van der Waals surface area contributed by atoms with E-state index in [4.69, 9.17) is 16.3 Å². The van der Waals surface area contributed by atoms with E-state index >= 15 is 0 Å². The number of hydrogen-bond donors (Lipinski definition) is 1. The van der Waals surface area contributed by atoms with E-state index in [1.54, 1.807) is 0 Å². The number of anilines is 1. The number of nitrogens with zero attached hydrogens (tertiary/aromatic N) is 1. The average Bonchev–Trinajstić information content (AvgIpc) is 2.41. The van der Waals surface area contributed by atoms with Crippen LogP contribution in [0.15, 0.2) is 12.1 Å². The summed E-state index contributed by atoms with van der Waals surface area (Å²) in [6.07, 6.45) is 6.25. The fourth-order valence-electron chi connectivity index (χ4n) is 1.84. The first-order chi connectivity index (χ1) is 9.27. The number of ether oxygens (including phenoxy) is 1. The summed E-state index contributed by atoms with van der Waals surface area (Å²) >= 11 is 6.11. The fourth-order valence-corrected chi connectivity index (χ4v) is 2.00. The van der Waals surface area contributed by atoms with Gasteiger partial charge in [-0.2, -0.15) is 0 Å². The maximum Gasteiger partial charge on any atom is 0.126 e. The first kappa shape index (κ1) is 16.3. The third-order valence-electron chi connectivity index (χ3n) is 2.91. The lowest BCUT2D eigenvalue weighted by atomic mass is 10.2. The molecule has 0 radical (unpaired) electrons. The van der Waals surface area contributed by atoms with Crippen molar-refractivity contribution in [2.75, 3.05) is 18.5 Å². The Morgan fingerprint density at radius 2 is 1.95 bits per heavy atom. The summed E-state index contributed by atoms with van der Waals surface area (Å²) in [6, 6.07) is 3.76. The molecule has 0 atom stereocenters. The van der Waals surface area contributed by atoms with E-state index in [9.17, 15) is 0 Å². The lowest BCUT2D eigenvalue weighted by Crippen LogP contribution is -2.03. The molecule has 0 unspecified atom stereocenters. The van der Waals surface area contributed by atoms with Gasteiger partial charge in [0.1, 0.15) is 5.82 Å². The number of rotatable bonds is 10. The zero-order valence-electron chi connectivity index (χ0n) is 12.0. The summed E-state index contributed by atoms with van der Waals surface area (Å²) in [5, 5.41) is 3.85. The Bertz CT molecular complexity index is 358. The largest absolute Gasteiger partial charge is 0.375 e. The fraction of sp³-hybridized carbons (Fsp3) is 0.667. The molecule has 4 heteroatoms. The van der Waals surface area contributed by atoms with Crippen molar-refractivity contribution in [2.45, 2.75) is 52.6 Å². The van der Waals surface area contributed by atoms with Gasteiger partial charge in [0.25, 0.3) is 0 Å². The highest BCUT2D eigenvalue weighted by Gasteiger charge is 2.04. The highest BCUT2D eigenvalue weighted by atomic mass is 35.5. The highest BCUT2D eigenvalue weighted by molar-refractivity contribution is 6.31. The molecule has 1 N–H and O–H groups in total. The van der Waals surface area contributed by atoms with Crippen LogP contribution in [0, 0.1) is 0 Å². The third kappa shape index (κ3) is 6.79. The van der Waals surface area contributed by atoms with Gasteiger partial charge >= 0.3 is 0 Å². The van der Waals surface area contributed by atoms with Crippen molar-refractivity contribution < 1.29 is 4.74 Å². The van der Waals surface area contributed by atoms with E-state index in [0.717, 1.165) is 31.1 Å². The smallest absolute Gasteiger partial charge is 0.126 e. The molecule has 0 aromatic carbocycles. The van der Waals surface area contributed by atoms with Gasteiger partial charge in [-0.3, -0.25) is 0 Å². The second kappa shape index (κ2) is 10.0. The maximum atomic E-state index is 6.11. The topological polar surface area (TPSA) is 34.1 Å². The summed E-state index contributed by atoms with van der Waals surface area (Å²) in [5.41, 5.74) is 0.814. The summed E-state index contributed by atoms with van der Waals surface area (Å²) in [5.74, 6) is 0.855. The Morgan fingerprint density at radius 1 is 1.16 bits per heavy atom. The van der Waals surface area contributed by atoms with Crippen LogP contribution in [0.4, 0.5) is 5.82 Å². The quantitative estimate of drug-likeness (QED) is 0.635. The molecule has 0 aliphatic rings. The molecule has 1 rings (SSSR count). The van der Waals surface area contributed by atoms with Crippen LogP contribution >= 0.6 is 11.6 Å². The summed E-state index contributed by atoms with van der Waals surface area (Å²) in [6.45, 7) is 6.40. The molecule has 0 aliphatic heterocycles. The minimum absolute atomic E-state index is 0.492. The summed E-state index contributed by atoms with van der Waals surface area (Å²) in [4.78, 5) is 4.44. The van der Waals surface area contributed by atoms with Gasteiger partial charge in [-0.15, -0.1) is 0 Å². The Hall–Kier alpha value is -0.800. The number of aromatic nitrogens is 1. The van der Waals surface area contributed by atoms with Gasteiger partial charge in [-0.25, -0.2) is 4.98 Å². The molecule has 0 fully saturated rings. The molecule has 1 aromatic rings. The number of pyridine rings is 1. The molecular weight excluding hydrogens is 260 g/mol. The normalized spacial score (nSPS) is 10.7. The van der Waals surface area contributed by atoms with Crippen molar-refractivity contribution in [3.05, 3.63) is 22.8 Å². The minimum atomic E-state index is 0.492. The molecule has 0 saturated carbocycles. The van der Waals surface area contributed by atoms with Crippen LogP contribution in [-0.4, -0.2) is 18.1 Å². The van der Waals surface area contributed by atoms with E-state index in [-0.39, 0.29) is 0 Å². The Kier molecular flexibility index (Phi) is 8.59. The van der Waals surface area contributed by atoms with Crippen LogP contribution < -0.4 is 5.32 Å². The summed E-state index contributed by atoms with van der Waals surface area (Å²) in [7, 11) is 0. The zero-order chi connectivity index (χ0) is 13.9. The highest BCUT2D eigenvalue weighted by Crippen LogP contribution is 2.17. The van der Waals surface area contributed by atoms with Gasteiger partial charge in [0.05, 0.1) is 17.3 Å². The SMILES string of the molecule is CCCCCCCOCc1nc(NCC)ccc1Cl. The second-order valence-electron chi connectivity index (χ2n) is 4.62. The number of unbranched alkanes of at least 4 members (excludes halogenated alkanes) is 4. The Labute approximate surface area is 121 Å². The van der Waals surface area contributed by atoms with Gasteiger partial charge < -0.3 is 10.1 Å². The van der Waals surface area contributed by atoms with E-state index < -0.39 is 0 Å². The van der Waals surface area contributed by atoms with Crippen LogP contribution in [0.25, 0.3) is 0 Å². The number of nitrogens with one attached hydrogen (secondary N) is 1. The molecule has 0 saturated heterocycles. The van der Waals surface area contributed by atoms with Crippen molar-refractivity contribution in [2.24, 2.45) is 0 Å². The maximum absolute atomic E-state index is 6.11. The molecule has 0 aliphatic carbocycles. The molecule has 108 valence electrons. The molecule has 1 heterocycles. The second-order valence-corrected chi connectivity index (χ2v) is 5.03. The molecule has 0 bridgehead atoms. The van der Waals surface area contributed by atoms with Crippen LogP contribution in [0.2, 0.25) is 5.02 Å². The molecule has 0 amide bonds. The van der Waals surface area contributed by atoms with Gasteiger partial charge in [0.2, 0.25) is 0 Å². The van der Waals surface area contributed by atoms with E-state index in [1.165, 1.54) is 25.7 Å². The minimum Gasteiger partial charge on any atom is -0.375 e. The van der Waals surface area contributed by atoms with Gasteiger partial charge in [-0.1, -0.05) is 44.2 Å². The predicted molar refractivity (Wildman–Crippen MR) is 81.8 cm³/mol. The molecule has 0 spiro atoms. The van der Waals surface area contributed by atoms with Crippen LogP contribution in [0.3, 0.4) is 0 Å². The lowest BCUT2D eigenvalue weighted by Gasteiger charge is -2.08. The van der Waals surface area contributed by atoms with Crippen molar-refractivity contribution in [3.8, 4) is 0 Å². The van der Waals surface area contributed by atoms with Gasteiger partial charge in [0, 0.05) is 13.2 Å². The monoisotopic (exact) mass is 284 g/mol. The standard InChI is InChI=1S/C15H25ClN2O/c1-3-5-6-7-8-11-19-12-14-13(16)9-10-15(18-14)17-4-2/h9-10H,3-8,11-12H2,1-2H3,(H,17,18). The first-order valence-electron chi connectivity index (χ1n) is 7.25. The molecule has 1 aromatic heterocycles. The van der Waals surface area contributed by atoms with Gasteiger partial charge in [-0.05, 0) is 25.5 Å². The van der Waals surface area contributed by atoms with Crippen molar-refractivity contribution in [3.63, 3.8) is 0 Å². The van der Waals surface area contributed by atoms with E-state index in [0.29, 0.717) is 11.6 Å². The van der Waals surface area contributed by atoms with Crippen LogP contribution in [0.5, 0.6) is 0 Å². The lowest BCUT2D eigenvalue weighted by molar-refractivity contribution is 0.114. The van der Waals surface area contributed by atoms with Gasteiger partial charge in [0.15, 0.2) is 0 Å². The average molecular weight is 285 g/mol. The van der Waals surface area contributed by atoms with Crippen LogP contribution in [-0.2, 0) is 11.3 Å². The van der Waals surface area contributed by atoms with Crippen molar-refractivity contribution in [1.29, 1.82) is 0 Å². The Balaban J connectivity index is 2.26. The van der Waals surface area contributed by atoms with Crippen molar-refractivity contribution in [1.82, 2.24) is 4.98 Å². The van der Waals surface area contributed by atoms with E-state index in [2.05, 4.69) is 17.2 Å². The number of halogens is 1. The first-order valence-corrected chi connectivity index (χ1v) is 7.62. The van der Waals surface area contributed by atoms with Crippen molar-refractivity contribution >= 4 is 17.4 Å². The molecule has 19 heavy (non-hydrogen) atoms. The number of hydrogen-bond acceptors (Lipinski definition) is 3. The Morgan fingerprint density at radius 3 is 2.68 bits per heavy atom. The zero-order valence-corrected chi connectivity index (χ0v) is 12.8.